The number of halogens is 1. The number of carbonyl (C=O) groups is 1. The van der Waals surface area contributed by atoms with Crippen LogP contribution < -0.4 is 5.48 Å². The second kappa shape index (κ2) is 8.35. The Hall–Kier alpha value is -2.32. The Bertz CT molecular complexity index is 708. The lowest BCUT2D eigenvalue weighted by molar-refractivity contribution is 0.0706. The van der Waals surface area contributed by atoms with Crippen LogP contribution in [0.4, 0.5) is 0 Å². The number of carbonyl (C=O) groups excluding carboxylic acids is 1. The number of hydrogen-bond acceptors (Lipinski definition) is 3. The van der Waals surface area contributed by atoms with Crippen molar-refractivity contribution in [3.05, 3.63) is 70.2 Å². The normalized spacial score (nSPS) is 10.3. The molecule has 0 aromatic heterocycles. The number of benzene rings is 2. The van der Waals surface area contributed by atoms with E-state index >= 15 is 0 Å². The zero-order chi connectivity index (χ0) is 16.7. The van der Waals surface area contributed by atoms with E-state index < -0.39 is 5.91 Å². The predicted molar refractivity (Wildman–Crippen MR) is 90.1 cm³/mol. The second-order valence-electron chi connectivity index (χ2n) is 5.12. The van der Waals surface area contributed by atoms with E-state index in [2.05, 4.69) is 10.8 Å². The van der Waals surface area contributed by atoms with Crippen molar-refractivity contribution < 1.29 is 10.0 Å². The van der Waals surface area contributed by atoms with Crippen LogP contribution in [0.3, 0.4) is 0 Å². The maximum atomic E-state index is 11.3. The summed E-state index contributed by atoms with van der Waals surface area (Å²) >= 11 is 6.01. The molecule has 2 aromatic rings. The lowest BCUT2D eigenvalue weighted by atomic mass is 10.1. The van der Waals surface area contributed by atoms with Crippen molar-refractivity contribution in [1.29, 1.82) is 0 Å². The zero-order valence-corrected chi connectivity index (χ0v) is 13.3. The lowest BCUT2D eigenvalue weighted by Crippen LogP contribution is -2.23. The van der Waals surface area contributed by atoms with Crippen molar-refractivity contribution in [3.8, 4) is 12.3 Å². The van der Waals surface area contributed by atoms with Crippen LogP contribution in [0.15, 0.2) is 48.5 Å². The molecule has 0 unspecified atom stereocenters. The number of hydroxylamine groups is 1. The van der Waals surface area contributed by atoms with Gasteiger partial charge in [-0.05, 0) is 35.4 Å². The van der Waals surface area contributed by atoms with Gasteiger partial charge < -0.3 is 0 Å². The molecule has 0 radical (unpaired) electrons. The third kappa shape index (κ3) is 5.11. The van der Waals surface area contributed by atoms with Crippen LogP contribution in [0, 0.1) is 12.3 Å². The van der Waals surface area contributed by atoms with Gasteiger partial charge in [0, 0.05) is 23.7 Å². The molecule has 0 saturated heterocycles. The van der Waals surface area contributed by atoms with Gasteiger partial charge in [-0.1, -0.05) is 41.8 Å². The average Bonchev–Trinajstić information content (AvgIpc) is 2.55. The number of nitrogens with one attached hydrogen (secondary N) is 1. The van der Waals surface area contributed by atoms with Crippen molar-refractivity contribution in [3.63, 3.8) is 0 Å². The molecule has 0 heterocycles. The first-order valence-corrected chi connectivity index (χ1v) is 7.44. The summed E-state index contributed by atoms with van der Waals surface area (Å²) in [7, 11) is 0. The molecule has 0 aliphatic heterocycles. The van der Waals surface area contributed by atoms with E-state index in [0.29, 0.717) is 30.2 Å². The molecule has 5 heteroatoms. The predicted octanol–water partition coefficient (Wildman–Crippen LogP) is 3.09. The van der Waals surface area contributed by atoms with E-state index in [4.69, 9.17) is 23.2 Å². The number of rotatable bonds is 6. The van der Waals surface area contributed by atoms with Gasteiger partial charge in [0.15, 0.2) is 0 Å². The molecule has 118 valence electrons. The fourth-order valence-electron chi connectivity index (χ4n) is 2.27. The van der Waals surface area contributed by atoms with E-state index in [1.54, 1.807) is 17.6 Å². The highest BCUT2D eigenvalue weighted by molar-refractivity contribution is 6.30. The molecule has 0 bridgehead atoms. The minimum atomic E-state index is -0.532. The van der Waals surface area contributed by atoms with Crippen molar-refractivity contribution in [2.75, 3.05) is 6.54 Å². The highest BCUT2D eigenvalue weighted by Gasteiger charge is 2.08. The van der Waals surface area contributed by atoms with E-state index in [-0.39, 0.29) is 0 Å². The molecule has 0 saturated carbocycles. The van der Waals surface area contributed by atoms with E-state index in [9.17, 15) is 4.79 Å². The Kier molecular flexibility index (Phi) is 6.19. The second-order valence-corrected chi connectivity index (χ2v) is 5.55. The third-order valence-corrected chi connectivity index (χ3v) is 3.57. The first-order valence-electron chi connectivity index (χ1n) is 7.06. The molecular weight excluding hydrogens is 312 g/mol. The Balaban J connectivity index is 2.07. The molecule has 0 fully saturated rings. The van der Waals surface area contributed by atoms with E-state index in [1.807, 2.05) is 36.4 Å². The quantitative estimate of drug-likeness (QED) is 0.487. The van der Waals surface area contributed by atoms with Crippen LogP contribution in [0.1, 0.15) is 21.5 Å². The van der Waals surface area contributed by atoms with Gasteiger partial charge in [-0.3, -0.25) is 14.9 Å². The maximum absolute atomic E-state index is 11.3. The maximum Gasteiger partial charge on any atom is 0.274 e. The molecule has 2 rings (SSSR count). The topological polar surface area (TPSA) is 52.6 Å². The first-order chi connectivity index (χ1) is 11.1. The van der Waals surface area contributed by atoms with Gasteiger partial charge in [0.25, 0.3) is 5.91 Å². The van der Waals surface area contributed by atoms with Crippen LogP contribution in [0.25, 0.3) is 0 Å². The summed E-state index contributed by atoms with van der Waals surface area (Å²) in [5.74, 6) is 2.13. The smallest absolute Gasteiger partial charge is 0.274 e. The van der Waals surface area contributed by atoms with Crippen molar-refractivity contribution in [2.24, 2.45) is 0 Å². The fraction of sp³-hybridized carbons (Fsp3) is 0.167. The van der Waals surface area contributed by atoms with Crippen LogP contribution in [0.2, 0.25) is 5.02 Å². The lowest BCUT2D eigenvalue weighted by Gasteiger charge is -2.20. The zero-order valence-electron chi connectivity index (χ0n) is 12.5. The summed E-state index contributed by atoms with van der Waals surface area (Å²) in [5, 5.41) is 9.32. The summed E-state index contributed by atoms with van der Waals surface area (Å²) < 4.78 is 0. The molecule has 2 N–H and O–H groups in total. The summed E-state index contributed by atoms with van der Waals surface area (Å²) in [6.45, 7) is 1.84. The third-order valence-electron chi connectivity index (χ3n) is 3.33. The number of terminal acetylenes is 1. The van der Waals surface area contributed by atoms with Crippen LogP contribution in [-0.2, 0) is 13.1 Å². The van der Waals surface area contributed by atoms with Gasteiger partial charge in [-0.2, -0.15) is 0 Å². The molecule has 0 aliphatic rings. The molecule has 2 aromatic carbocycles. The Morgan fingerprint density at radius 1 is 1.17 bits per heavy atom. The van der Waals surface area contributed by atoms with Crippen molar-refractivity contribution in [1.82, 2.24) is 10.4 Å². The van der Waals surface area contributed by atoms with Crippen molar-refractivity contribution in [2.45, 2.75) is 13.1 Å². The molecular formula is C18H17ClN2O2. The first kappa shape index (κ1) is 17.0. The van der Waals surface area contributed by atoms with Crippen LogP contribution >= 0.6 is 11.6 Å². The highest BCUT2D eigenvalue weighted by Crippen LogP contribution is 2.15. The number of hydrogen-bond donors (Lipinski definition) is 2. The molecule has 0 spiro atoms. The summed E-state index contributed by atoms with van der Waals surface area (Å²) in [5.41, 5.74) is 4.12. The van der Waals surface area contributed by atoms with Crippen LogP contribution in [0.5, 0.6) is 0 Å². The molecule has 23 heavy (non-hydrogen) atoms. The number of amides is 1. The SMILES string of the molecule is C#CCN(Cc1ccc(C(=O)NO)cc1)Cc1cccc(Cl)c1. The molecule has 1 amide bonds. The van der Waals surface area contributed by atoms with Gasteiger partial charge in [-0.15, -0.1) is 6.42 Å². The van der Waals surface area contributed by atoms with Crippen LogP contribution in [-0.4, -0.2) is 22.6 Å². The van der Waals surface area contributed by atoms with E-state index in [0.717, 1.165) is 11.1 Å². The minimum Gasteiger partial charge on any atom is -0.288 e. The Morgan fingerprint density at radius 3 is 2.48 bits per heavy atom. The van der Waals surface area contributed by atoms with Gasteiger partial charge in [0.05, 0.1) is 6.54 Å². The average molecular weight is 329 g/mol. The number of nitrogens with zero attached hydrogens (tertiary/aromatic N) is 1. The summed E-state index contributed by atoms with van der Waals surface area (Å²) in [6, 6.07) is 14.7. The minimum absolute atomic E-state index is 0.398. The Morgan fingerprint density at radius 2 is 1.87 bits per heavy atom. The monoisotopic (exact) mass is 328 g/mol. The summed E-state index contributed by atoms with van der Waals surface area (Å²) in [4.78, 5) is 13.4. The van der Waals surface area contributed by atoms with E-state index in [1.165, 1.54) is 0 Å². The molecule has 0 aliphatic carbocycles. The largest absolute Gasteiger partial charge is 0.288 e. The van der Waals surface area contributed by atoms with Gasteiger partial charge in [0.2, 0.25) is 0 Å². The molecule has 4 nitrogen and oxygen atoms in total. The van der Waals surface area contributed by atoms with Gasteiger partial charge in [-0.25, -0.2) is 5.48 Å². The standard InChI is InChI=1S/C18H17ClN2O2/c1-2-10-21(13-15-4-3-5-17(19)11-15)12-14-6-8-16(9-7-14)18(22)20-23/h1,3-9,11,23H,10,12-13H2,(H,20,22). The van der Waals surface area contributed by atoms with Crippen molar-refractivity contribution >= 4 is 17.5 Å². The Labute approximate surface area is 140 Å². The summed E-state index contributed by atoms with van der Waals surface area (Å²) in [6.07, 6.45) is 5.45. The van der Waals surface area contributed by atoms with Gasteiger partial charge >= 0.3 is 0 Å². The highest BCUT2D eigenvalue weighted by atomic mass is 35.5. The molecule has 0 atom stereocenters. The fourth-order valence-corrected chi connectivity index (χ4v) is 2.49. The van der Waals surface area contributed by atoms with Gasteiger partial charge in [0.1, 0.15) is 0 Å².